The molecule has 0 bridgehead atoms. The summed E-state index contributed by atoms with van der Waals surface area (Å²) in [5.41, 5.74) is 0. The minimum atomic E-state index is -0.0559. The van der Waals surface area contributed by atoms with E-state index in [2.05, 4.69) is 13.8 Å². The van der Waals surface area contributed by atoms with Gasteiger partial charge < -0.3 is 5.11 Å². The second kappa shape index (κ2) is 5.92. The second-order valence-electron chi connectivity index (χ2n) is 4.23. The highest BCUT2D eigenvalue weighted by molar-refractivity contribution is 7.99. The quantitative estimate of drug-likeness (QED) is 0.684. The molecule has 2 heteroatoms. The fourth-order valence-corrected chi connectivity index (χ4v) is 2.26. The van der Waals surface area contributed by atoms with Gasteiger partial charge in [0, 0.05) is 11.0 Å². The molecule has 2 unspecified atom stereocenters. The van der Waals surface area contributed by atoms with Gasteiger partial charge in [0.05, 0.1) is 6.10 Å². The molecule has 0 radical (unpaired) electrons. The van der Waals surface area contributed by atoms with Gasteiger partial charge in [-0.1, -0.05) is 26.7 Å². The van der Waals surface area contributed by atoms with Gasteiger partial charge >= 0.3 is 0 Å². The van der Waals surface area contributed by atoms with E-state index in [0.29, 0.717) is 5.25 Å². The monoisotopic (exact) mass is 202 g/mol. The zero-order valence-electron chi connectivity index (χ0n) is 8.83. The van der Waals surface area contributed by atoms with E-state index in [1.807, 2.05) is 11.8 Å². The third-order valence-corrected chi connectivity index (χ3v) is 4.23. The summed E-state index contributed by atoms with van der Waals surface area (Å²) in [5, 5.41) is 10.4. The molecule has 0 aromatic rings. The molecule has 1 fully saturated rings. The highest BCUT2D eigenvalue weighted by atomic mass is 32.2. The summed E-state index contributed by atoms with van der Waals surface area (Å²) in [6, 6.07) is 0. The van der Waals surface area contributed by atoms with E-state index in [1.54, 1.807) is 0 Å². The van der Waals surface area contributed by atoms with Gasteiger partial charge in [-0.3, -0.25) is 0 Å². The average molecular weight is 202 g/mol. The molecule has 0 aromatic heterocycles. The lowest BCUT2D eigenvalue weighted by Crippen LogP contribution is -2.12. The van der Waals surface area contributed by atoms with Crippen molar-refractivity contribution in [1.29, 1.82) is 0 Å². The van der Waals surface area contributed by atoms with Crippen molar-refractivity contribution in [3.63, 3.8) is 0 Å². The molecule has 0 saturated heterocycles. The molecule has 0 aromatic carbocycles. The van der Waals surface area contributed by atoms with Crippen molar-refractivity contribution in [1.82, 2.24) is 0 Å². The van der Waals surface area contributed by atoms with Gasteiger partial charge in [0.15, 0.2) is 0 Å². The molecule has 1 rings (SSSR count). The van der Waals surface area contributed by atoms with Crippen LogP contribution in [0.5, 0.6) is 0 Å². The Balaban J connectivity index is 1.92. The van der Waals surface area contributed by atoms with Crippen LogP contribution in [0.2, 0.25) is 0 Å². The van der Waals surface area contributed by atoms with E-state index in [0.717, 1.165) is 18.1 Å². The topological polar surface area (TPSA) is 20.2 Å². The number of hydrogen-bond donors (Lipinski definition) is 1. The van der Waals surface area contributed by atoms with Gasteiger partial charge in [-0.25, -0.2) is 0 Å². The first-order chi connectivity index (χ1) is 6.22. The van der Waals surface area contributed by atoms with E-state index >= 15 is 0 Å². The van der Waals surface area contributed by atoms with E-state index in [4.69, 9.17) is 0 Å². The first-order valence-electron chi connectivity index (χ1n) is 5.52. The molecule has 0 aliphatic heterocycles. The Kier molecular flexibility index (Phi) is 5.18. The van der Waals surface area contributed by atoms with Gasteiger partial charge in [-0.05, 0) is 25.2 Å². The van der Waals surface area contributed by atoms with E-state index < -0.39 is 0 Å². The molecule has 13 heavy (non-hydrogen) atoms. The van der Waals surface area contributed by atoms with Crippen LogP contribution in [0.3, 0.4) is 0 Å². The smallest absolute Gasteiger partial charge is 0.0630 e. The van der Waals surface area contributed by atoms with Crippen molar-refractivity contribution in [2.75, 3.05) is 5.75 Å². The molecular formula is C11H22OS. The predicted octanol–water partition coefficient (Wildman–Crippen LogP) is 3.07. The summed E-state index contributed by atoms with van der Waals surface area (Å²) >= 11 is 1.91. The van der Waals surface area contributed by atoms with Crippen LogP contribution in [-0.2, 0) is 0 Å². The zero-order valence-corrected chi connectivity index (χ0v) is 9.65. The lowest BCUT2D eigenvalue weighted by atomic mass is 10.1. The van der Waals surface area contributed by atoms with Crippen molar-refractivity contribution in [3.05, 3.63) is 0 Å². The van der Waals surface area contributed by atoms with Gasteiger partial charge in [0.1, 0.15) is 0 Å². The summed E-state index contributed by atoms with van der Waals surface area (Å²) in [5.74, 6) is 1.89. The van der Waals surface area contributed by atoms with Crippen molar-refractivity contribution in [2.24, 2.45) is 5.92 Å². The summed E-state index contributed by atoms with van der Waals surface area (Å²) in [6.07, 6.45) is 6.24. The molecule has 0 spiro atoms. The number of rotatable bonds is 7. The lowest BCUT2D eigenvalue weighted by molar-refractivity contribution is 0.183. The van der Waals surface area contributed by atoms with Gasteiger partial charge in [0.2, 0.25) is 0 Å². The van der Waals surface area contributed by atoms with E-state index in [1.165, 1.54) is 25.7 Å². The number of aliphatic hydroxyl groups is 1. The third-order valence-electron chi connectivity index (χ3n) is 2.75. The molecule has 1 N–H and O–H groups in total. The Bertz CT molecular complexity index is 134. The first-order valence-corrected chi connectivity index (χ1v) is 6.57. The fraction of sp³-hybridized carbons (Fsp3) is 1.00. The molecule has 0 amide bonds. The van der Waals surface area contributed by atoms with Crippen molar-refractivity contribution in [2.45, 2.75) is 57.3 Å². The van der Waals surface area contributed by atoms with Crippen LogP contribution in [0.4, 0.5) is 0 Å². The number of thioether (sulfide) groups is 1. The molecule has 1 nitrogen and oxygen atoms in total. The maximum absolute atomic E-state index is 9.65. The Morgan fingerprint density at radius 1 is 1.46 bits per heavy atom. The van der Waals surface area contributed by atoms with Crippen LogP contribution in [-0.4, -0.2) is 22.2 Å². The van der Waals surface area contributed by atoms with Gasteiger partial charge in [0.25, 0.3) is 0 Å². The maximum Gasteiger partial charge on any atom is 0.0630 e. The molecule has 78 valence electrons. The molecular weight excluding hydrogens is 180 g/mol. The highest BCUT2D eigenvalue weighted by Gasteiger charge is 2.21. The van der Waals surface area contributed by atoms with Crippen LogP contribution >= 0.6 is 11.8 Å². The standard InChI is InChI=1S/C11H22OS/c1-3-9(2)13-8-11(12)7-6-10-4-5-10/h9-12H,3-8H2,1-2H3. The van der Waals surface area contributed by atoms with Crippen LogP contribution in [0, 0.1) is 5.92 Å². The third kappa shape index (κ3) is 5.58. The normalized spacial score (nSPS) is 21.5. The van der Waals surface area contributed by atoms with Gasteiger partial charge in [-0.15, -0.1) is 0 Å². The summed E-state index contributed by atoms with van der Waals surface area (Å²) in [7, 11) is 0. The minimum absolute atomic E-state index is 0.0559. The van der Waals surface area contributed by atoms with E-state index in [-0.39, 0.29) is 6.10 Å². The van der Waals surface area contributed by atoms with Crippen LogP contribution in [0.1, 0.15) is 46.0 Å². The largest absolute Gasteiger partial charge is 0.392 e. The van der Waals surface area contributed by atoms with Crippen molar-refractivity contribution >= 4 is 11.8 Å². The Morgan fingerprint density at radius 3 is 2.69 bits per heavy atom. The minimum Gasteiger partial charge on any atom is -0.392 e. The highest BCUT2D eigenvalue weighted by Crippen LogP contribution is 2.34. The summed E-state index contributed by atoms with van der Waals surface area (Å²) < 4.78 is 0. The van der Waals surface area contributed by atoms with E-state index in [9.17, 15) is 5.11 Å². The first kappa shape index (κ1) is 11.4. The van der Waals surface area contributed by atoms with Crippen molar-refractivity contribution in [3.8, 4) is 0 Å². The molecule has 2 atom stereocenters. The molecule has 1 aliphatic rings. The molecule has 0 heterocycles. The zero-order chi connectivity index (χ0) is 9.68. The Hall–Kier alpha value is 0.310. The Morgan fingerprint density at radius 2 is 2.15 bits per heavy atom. The molecule has 1 saturated carbocycles. The number of aliphatic hydroxyl groups excluding tert-OH is 1. The Labute approximate surface area is 86.3 Å². The summed E-state index contributed by atoms with van der Waals surface area (Å²) in [4.78, 5) is 0. The predicted molar refractivity (Wildman–Crippen MR) is 60.2 cm³/mol. The average Bonchev–Trinajstić information content (AvgIpc) is 2.94. The van der Waals surface area contributed by atoms with Crippen molar-refractivity contribution < 1.29 is 5.11 Å². The van der Waals surface area contributed by atoms with Crippen LogP contribution in [0.25, 0.3) is 0 Å². The van der Waals surface area contributed by atoms with Crippen LogP contribution < -0.4 is 0 Å². The lowest BCUT2D eigenvalue weighted by Gasteiger charge is -2.12. The van der Waals surface area contributed by atoms with Gasteiger partial charge in [-0.2, -0.15) is 11.8 Å². The van der Waals surface area contributed by atoms with Crippen LogP contribution in [0.15, 0.2) is 0 Å². The summed E-state index contributed by atoms with van der Waals surface area (Å²) in [6.45, 7) is 4.44. The SMILES string of the molecule is CCC(C)SCC(O)CCC1CC1. The fourth-order valence-electron chi connectivity index (χ4n) is 1.31. The molecule has 1 aliphatic carbocycles. The second-order valence-corrected chi connectivity index (χ2v) is 5.70. The maximum atomic E-state index is 9.65. The number of hydrogen-bond acceptors (Lipinski definition) is 2.